The van der Waals surface area contributed by atoms with Crippen LogP contribution in [0.2, 0.25) is 0 Å². The Balaban J connectivity index is 1.79. The monoisotopic (exact) mass is 480 g/mol. The van der Waals surface area contributed by atoms with Crippen LogP contribution < -0.4 is 5.32 Å². The molecule has 0 fully saturated rings. The molecule has 0 aliphatic heterocycles. The number of carbonyl (C=O) groups excluding carboxylic acids is 1. The molecular weight excluding hydrogens is 443 g/mol. The SMILES string of the molecule is CCC1=CC(Nc2ccc(F)cc2)=C(C)CC1(C=O)CN(CC)Sc1ccc(C(C)(C)C)cc1. The van der Waals surface area contributed by atoms with Crippen LogP contribution in [0.15, 0.2) is 76.3 Å². The molecule has 2 aromatic carbocycles. The number of hydrogen-bond donors (Lipinski definition) is 1. The summed E-state index contributed by atoms with van der Waals surface area (Å²) in [7, 11) is 0. The molecule has 182 valence electrons. The molecule has 3 nitrogen and oxygen atoms in total. The van der Waals surface area contributed by atoms with Crippen molar-refractivity contribution in [2.45, 2.75) is 64.7 Å². The number of rotatable bonds is 9. The molecule has 34 heavy (non-hydrogen) atoms. The van der Waals surface area contributed by atoms with Crippen LogP contribution in [0.4, 0.5) is 10.1 Å². The smallest absolute Gasteiger partial charge is 0.131 e. The summed E-state index contributed by atoms with van der Waals surface area (Å²) >= 11 is 1.71. The van der Waals surface area contributed by atoms with E-state index in [1.165, 1.54) is 22.6 Å². The van der Waals surface area contributed by atoms with Gasteiger partial charge in [-0.25, -0.2) is 8.70 Å². The fourth-order valence-electron chi connectivity index (χ4n) is 4.41. The van der Waals surface area contributed by atoms with Crippen LogP contribution in [-0.4, -0.2) is 23.7 Å². The minimum Gasteiger partial charge on any atom is -0.356 e. The summed E-state index contributed by atoms with van der Waals surface area (Å²) in [6.45, 7) is 14.5. The van der Waals surface area contributed by atoms with Gasteiger partial charge in [-0.15, -0.1) is 0 Å². The van der Waals surface area contributed by atoms with Gasteiger partial charge in [-0.3, -0.25) is 0 Å². The van der Waals surface area contributed by atoms with Crippen LogP contribution in [0.25, 0.3) is 0 Å². The Morgan fingerprint density at radius 1 is 1.09 bits per heavy atom. The van der Waals surface area contributed by atoms with Crippen LogP contribution in [0, 0.1) is 11.2 Å². The van der Waals surface area contributed by atoms with Crippen molar-refractivity contribution in [3.63, 3.8) is 0 Å². The fraction of sp³-hybridized carbons (Fsp3) is 0.414. The summed E-state index contributed by atoms with van der Waals surface area (Å²) in [6, 6.07) is 15.1. The zero-order valence-corrected chi connectivity index (χ0v) is 22.1. The third kappa shape index (κ3) is 6.19. The molecule has 1 N–H and O–H groups in total. The highest BCUT2D eigenvalue weighted by atomic mass is 32.2. The normalized spacial score (nSPS) is 18.8. The van der Waals surface area contributed by atoms with Gasteiger partial charge in [0.25, 0.3) is 0 Å². The Kier molecular flexibility index (Phi) is 8.43. The van der Waals surface area contributed by atoms with Crippen LogP contribution >= 0.6 is 11.9 Å². The fourth-order valence-corrected chi connectivity index (χ4v) is 5.39. The average Bonchev–Trinajstić information content (AvgIpc) is 2.81. The summed E-state index contributed by atoms with van der Waals surface area (Å²) < 4.78 is 15.6. The highest BCUT2D eigenvalue weighted by molar-refractivity contribution is 7.97. The second-order valence-corrected chi connectivity index (χ2v) is 11.3. The number of carbonyl (C=O) groups is 1. The Labute approximate surface area is 208 Å². The summed E-state index contributed by atoms with van der Waals surface area (Å²) in [5.41, 5.74) is 4.97. The number of halogens is 1. The van der Waals surface area contributed by atoms with Gasteiger partial charge in [0, 0.05) is 29.4 Å². The lowest BCUT2D eigenvalue weighted by molar-refractivity contribution is -0.115. The highest BCUT2D eigenvalue weighted by Crippen LogP contribution is 2.42. The topological polar surface area (TPSA) is 32.3 Å². The van der Waals surface area contributed by atoms with Gasteiger partial charge in [0.2, 0.25) is 0 Å². The van der Waals surface area contributed by atoms with Crippen LogP contribution in [0.1, 0.15) is 59.9 Å². The van der Waals surface area contributed by atoms with E-state index in [0.717, 1.165) is 41.8 Å². The quantitative estimate of drug-likeness (QED) is 0.294. The van der Waals surface area contributed by atoms with Gasteiger partial charge in [-0.1, -0.05) is 52.3 Å². The zero-order chi connectivity index (χ0) is 24.9. The van der Waals surface area contributed by atoms with E-state index in [0.29, 0.717) is 13.0 Å². The Bertz CT molecular complexity index is 1050. The standard InChI is InChI=1S/C29H37FN2OS/c1-7-22-17-27(31-25-13-11-24(30)12-14-25)21(3)18-29(22,20-33)19-32(8-2)34-26-15-9-23(10-16-26)28(4,5)6/h9-17,20,31H,7-8,18-19H2,1-6H3. The molecular formula is C29H37FN2OS. The number of nitrogens with zero attached hydrogens (tertiary/aromatic N) is 1. The van der Waals surface area contributed by atoms with Crippen molar-refractivity contribution in [2.75, 3.05) is 18.4 Å². The first kappa shape index (κ1) is 26.2. The first-order valence-electron chi connectivity index (χ1n) is 12.0. The third-order valence-corrected chi connectivity index (χ3v) is 7.62. The molecule has 0 amide bonds. The second-order valence-electron chi connectivity index (χ2n) is 10.1. The predicted molar refractivity (Wildman–Crippen MR) is 142 cm³/mol. The van der Waals surface area contributed by atoms with Crippen LogP contribution in [-0.2, 0) is 10.2 Å². The van der Waals surface area contributed by atoms with Gasteiger partial charge in [0.1, 0.15) is 12.1 Å². The summed E-state index contributed by atoms with van der Waals surface area (Å²) in [5, 5.41) is 3.41. The molecule has 0 heterocycles. The molecule has 1 aliphatic rings. The minimum atomic E-state index is -0.554. The van der Waals surface area contributed by atoms with Crippen molar-refractivity contribution in [2.24, 2.45) is 5.41 Å². The Morgan fingerprint density at radius 2 is 1.74 bits per heavy atom. The van der Waals surface area contributed by atoms with E-state index < -0.39 is 5.41 Å². The lowest BCUT2D eigenvalue weighted by atomic mass is 9.71. The molecule has 3 rings (SSSR count). The molecule has 0 bridgehead atoms. The molecule has 0 aromatic heterocycles. The lowest BCUT2D eigenvalue weighted by Gasteiger charge is -2.38. The predicted octanol–water partition coefficient (Wildman–Crippen LogP) is 7.76. The van der Waals surface area contributed by atoms with E-state index in [2.05, 4.69) is 81.5 Å². The maximum Gasteiger partial charge on any atom is 0.131 e. The van der Waals surface area contributed by atoms with E-state index in [1.54, 1.807) is 24.1 Å². The lowest BCUT2D eigenvalue weighted by Crippen LogP contribution is -2.39. The van der Waals surface area contributed by atoms with Gasteiger partial charge in [0.05, 0.1) is 5.41 Å². The molecule has 0 saturated heterocycles. The maximum atomic E-state index is 13.3. The molecule has 1 aliphatic carbocycles. The maximum absolute atomic E-state index is 13.3. The summed E-state index contributed by atoms with van der Waals surface area (Å²) in [5.74, 6) is -0.255. The largest absolute Gasteiger partial charge is 0.356 e. The van der Waals surface area contributed by atoms with Crippen LogP contribution in [0.3, 0.4) is 0 Å². The van der Waals surface area contributed by atoms with Crippen molar-refractivity contribution in [3.05, 3.63) is 82.8 Å². The van der Waals surface area contributed by atoms with E-state index in [1.807, 2.05) is 0 Å². The molecule has 0 spiro atoms. The van der Waals surface area contributed by atoms with Crippen LogP contribution in [0.5, 0.6) is 0 Å². The molecule has 1 unspecified atom stereocenters. The molecule has 5 heteroatoms. The van der Waals surface area contributed by atoms with Gasteiger partial charge < -0.3 is 10.1 Å². The highest BCUT2D eigenvalue weighted by Gasteiger charge is 2.38. The Morgan fingerprint density at radius 3 is 2.26 bits per heavy atom. The number of anilines is 1. The third-order valence-electron chi connectivity index (χ3n) is 6.49. The second kappa shape index (κ2) is 10.9. The van der Waals surface area contributed by atoms with Gasteiger partial charge in [-0.05, 0) is 90.7 Å². The number of allylic oxidation sites excluding steroid dienone is 2. The average molecular weight is 481 g/mol. The summed E-state index contributed by atoms with van der Waals surface area (Å²) in [6.07, 6.45) is 4.72. The molecule has 2 aromatic rings. The number of hydrogen-bond acceptors (Lipinski definition) is 4. The van der Waals surface area contributed by atoms with E-state index in [4.69, 9.17) is 0 Å². The first-order valence-corrected chi connectivity index (χ1v) is 12.8. The van der Waals surface area contributed by atoms with Crippen molar-refractivity contribution >= 4 is 23.9 Å². The van der Waals surface area contributed by atoms with E-state index >= 15 is 0 Å². The summed E-state index contributed by atoms with van der Waals surface area (Å²) in [4.78, 5) is 13.8. The van der Waals surface area contributed by atoms with Crippen molar-refractivity contribution < 1.29 is 9.18 Å². The van der Waals surface area contributed by atoms with E-state index in [9.17, 15) is 9.18 Å². The van der Waals surface area contributed by atoms with Crippen molar-refractivity contribution in [1.29, 1.82) is 0 Å². The van der Waals surface area contributed by atoms with Crippen molar-refractivity contribution in [1.82, 2.24) is 4.31 Å². The van der Waals surface area contributed by atoms with Crippen molar-refractivity contribution in [3.8, 4) is 0 Å². The molecule has 0 radical (unpaired) electrons. The zero-order valence-electron chi connectivity index (χ0n) is 21.2. The number of nitrogens with one attached hydrogen (secondary N) is 1. The molecule has 1 atom stereocenters. The minimum absolute atomic E-state index is 0.127. The number of aldehydes is 1. The Hall–Kier alpha value is -2.37. The van der Waals surface area contributed by atoms with Gasteiger partial charge in [-0.2, -0.15) is 0 Å². The van der Waals surface area contributed by atoms with E-state index in [-0.39, 0.29) is 11.2 Å². The van der Waals surface area contributed by atoms with Gasteiger partial charge >= 0.3 is 0 Å². The first-order chi connectivity index (χ1) is 16.1. The van der Waals surface area contributed by atoms with Gasteiger partial charge in [0.15, 0.2) is 0 Å². The molecule has 0 saturated carbocycles. The number of benzene rings is 2.